The number of nitrogens with zero attached hydrogens (tertiary/aromatic N) is 8. The number of aryl methyl sites for hydroxylation is 4. The lowest BCUT2D eigenvalue weighted by Gasteiger charge is -2.22. The molecule has 6 aromatic rings. The number of nitrogens with one attached hydrogen (secondary N) is 1. The van der Waals surface area contributed by atoms with Gasteiger partial charge in [0.15, 0.2) is 0 Å². The smallest absolute Gasteiger partial charge is 0.211 e. The minimum atomic E-state index is -3.20. The van der Waals surface area contributed by atoms with Gasteiger partial charge in [-0.15, -0.1) is 0 Å². The average Bonchev–Trinajstić information content (AvgIpc) is 3.70. The number of pyridine rings is 2. The topological polar surface area (TPSA) is 140 Å². The van der Waals surface area contributed by atoms with E-state index in [0.717, 1.165) is 74.6 Å². The number of hydrogen-bond acceptors (Lipinski definition) is 9. The zero-order valence-electron chi connectivity index (χ0n) is 29.3. The highest BCUT2D eigenvalue weighted by Gasteiger charge is 2.14. The SMILES string of the molecule is CCc1cc(CN)ccc1N(C)c1cc2c(cn1)ncn2C.CCc1cc(CNS(=O)(=O)CC)ccc1N(C)c1cc2c(cn1)ncn2C. The molecule has 0 saturated heterocycles. The Bertz CT molecular complexity index is 2170. The highest BCUT2D eigenvalue weighted by atomic mass is 32.2. The Balaban J connectivity index is 0.000000195. The van der Waals surface area contributed by atoms with Crippen molar-refractivity contribution in [2.75, 3.05) is 29.6 Å². The molecule has 0 saturated carbocycles. The van der Waals surface area contributed by atoms with Gasteiger partial charge in [0.05, 0.1) is 41.8 Å². The third kappa shape index (κ3) is 7.90. The number of anilines is 4. The van der Waals surface area contributed by atoms with Gasteiger partial charge in [0, 0.05) is 64.8 Å². The first-order chi connectivity index (χ1) is 23.5. The molecule has 13 heteroatoms. The Morgan fingerprint density at radius 3 is 1.63 bits per heavy atom. The molecule has 258 valence electrons. The minimum absolute atomic E-state index is 0.0800. The number of benzene rings is 2. The van der Waals surface area contributed by atoms with Gasteiger partial charge in [-0.25, -0.2) is 33.1 Å². The zero-order chi connectivity index (χ0) is 35.3. The fraction of sp³-hybridized carbons (Fsp3) is 0.333. The van der Waals surface area contributed by atoms with E-state index in [1.807, 2.05) is 79.0 Å². The van der Waals surface area contributed by atoms with Crippen molar-refractivity contribution in [2.45, 2.75) is 46.7 Å². The first-order valence-corrected chi connectivity index (χ1v) is 18.1. The molecular formula is C36H46N10O2S. The monoisotopic (exact) mass is 682 g/mol. The van der Waals surface area contributed by atoms with Gasteiger partial charge in [-0.1, -0.05) is 38.1 Å². The van der Waals surface area contributed by atoms with Crippen molar-refractivity contribution in [3.63, 3.8) is 0 Å². The van der Waals surface area contributed by atoms with E-state index in [9.17, 15) is 8.42 Å². The summed E-state index contributed by atoms with van der Waals surface area (Å²) in [6, 6.07) is 16.5. The Labute approximate surface area is 288 Å². The second-order valence-corrected chi connectivity index (χ2v) is 14.0. The lowest BCUT2D eigenvalue weighted by Crippen LogP contribution is -2.24. The van der Waals surface area contributed by atoms with Crippen LogP contribution in [-0.4, -0.2) is 57.3 Å². The number of fused-ring (bicyclic) bond motifs is 2. The van der Waals surface area contributed by atoms with E-state index in [1.54, 1.807) is 19.4 Å². The predicted octanol–water partition coefficient (Wildman–Crippen LogP) is 5.50. The lowest BCUT2D eigenvalue weighted by atomic mass is 10.1. The molecule has 0 spiro atoms. The van der Waals surface area contributed by atoms with Crippen LogP contribution < -0.4 is 20.3 Å². The van der Waals surface area contributed by atoms with Crippen molar-refractivity contribution in [1.29, 1.82) is 0 Å². The number of aromatic nitrogens is 6. The number of rotatable bonds is 11. The summed E-state index contributed by atoms with van der Waals surface area (Å²) in [6.07, 6.45) is 8.98. The van der Waals surface area contributed by atoms with Gasteiger partial charge in [-0.2, -0.15) is 0 Å². The normalized spacial score (nSPS) is 11.5. The van der Waals surface area contributed by atoms with Gasteiger partial charge >= 0.3 is 0 Å². The van der Waals surface area contributed by atoms with Crippen LogP contribution in [0.4, 0.5) is 23.0 Å². The molecule has 0 aliphatic rings. The van der Waals surface area contributed by atoms with Crippen molar-refractivity contribution >= 4 is 55.1 Å². The molecule has 49 heavy (non-hydrogen) atoms. The fourth-order valence-corrected chi connectivity index (χ4v) is 6.27. The summed E-state index contributed by atoms with van der Waals surface area (Å²) in [7, 11) is 4.78. The largest absolute Gasteiger partial charge is 0.334 e. The van der Waals surface area contributed by atoms with E-state index in [2.05, 4.69) is 67.7 Å². The standard InChI is InChI=1S/C19H25N5O2S.C17H21N5/c1-5-15-9-14(11-22-27(25,26)6-2)7-8-17(15)24(4)19-10-18-16(12-20-19)21-13-23(18)3;1-4-13-7-12(9-18)5-6-15(13)22(3)17-8-16-14(10-19-17)20-11-21(16)2/h7-10,12-13,22H,5-6,11H2,1-4H3;5-8,10-11H,4,9,18H2,1-3H3. The van der Waals surface area contributed by atoms with E-state index in [4.69, 9.17) is 5.73 Å². The molecule has 0 unspecified atom stereocenters. The Hall–Kier alpha value is -4.85. The van der Waals surface area contributed by atoms with Crippen LogP contribution in [0.2, 0.25) is 0 Å². The van der Waals surface area contributed by atoms with Gasteiger partial charge in [0.25, 0.3) is 0 Å². The maximum atomic E-state index is 11.7. The van der Waals surface area contributed by atoms with Gasteiger partial charge < -0.3 is 24.7 Å². The van der Waals surface area contributed by atoms with Gasteiger partial charge in [-0.3, -0.25) is 0 Å². The molecule has 0 aliphatic heterocycles. The van der Waals surface area contributed by atoms with E-state index in [0.29, 0.717) is 13.1 Å². The van der Waals surface area contributed by atoms with Crippen LogP contribution in [-0.2, 0) is 50.0 Å². The Kier molecular flexibility index (Phi) is 11.0. The molecule has 4 aromatic heterocycles. The van der Waals surface area contributed by atoms with E-state index in [1.165, 1.54) is 5.56 Å². The van der Waals surface area contributed by atoms with Crippen LogP contribution in [0, 0.1) is 0 Å². The maximum Gasteiger partial charge on any atom is 0.211 e. The molecule has 0 fully saturated rings. The van der Waals surface area contributed by atoms with Crippen molar-refractivity contribution in [1.82, 2.24) is 33.8 Å². The second kappa shape index (κ2) is 15.1. The summed E-state index contributed by atoms with van der Waals surface area (Å²) in [5, 5.41) is 0. The van der Waals surface area contributed by atoms with Gasteiger partial charge in [-0.05, 0) is 54.2 Å². The van der Waals surface area contributed by atoms with Gasteiger partial charge in [0.1, 0.15) is 22.7 Å². The van der Waals surface area contributed by atoms with Gasteiger partial charge in [0.2, 0.25) is 10.0 Å². The number of imidazole rings is 2. The quantitative estimate of drug-likeness (QED) is 0.181. The summed E-state index contributed by atoms with van der Waals surface area (Å²) < 4.78 is 29.9. The predicted molar refractivity (Wildman–Crippen MR) is 199 cm³/mol. The Morgan fingerprint density at radius 2 is 1.18 bits per heavy atom. The van der Waals surface area contributed by atoms with E-state index in [-0.39, 0.29) is 5.75 Å². The molecule has 0 radical (unpaired) electrons. The molecule has 0 bridgehead atoms. The zero-order valence-corrected chi connectivity index (χ0v) is 30.2. The average molecular weight is 683 g/mol. The highest BCUT2D eigenvalue weighted by Crippen LogP contribution is 2.30. The number of sulfonamides is 1. The molecule has 12 nitrogen and oxygen atoms in total. The van der Waals surface area contributed by atoms with Crippen LogP contribution in [0.5, 0.6) is 0 Å². The molecule has 0 amide bonds. The van der Waals surface area contributed by atoms with Crippen LogP contribution in [0.1, 0.15) is 43.0 Å². The summed E-state index contributed by atoms with van der Waals surface area (Å²) in [4.78, 5) is 21.9. The minimum Gasteiger partial charge on any atom is -0.334 e. The van der Waals surface area contributed by atoms with Crippen LogP contribution in [0.25, 0.3) is 22.1 Å². The lowest BCUT2D eigenvalue weighted by molar-refractivity contribution is 0.582. The fourth-order valence-electron chi connectivity index (χ4n) is 5.68. The molecule has 2 aromatic carbocycles. The first kappa shape index (κ1) is 35.5. The maximum absolute atomic E-state index is 11.7. The van der Waals surface area contributed by atoms with E-state index >= 15 is 0 Å². The number of nitrogens with two attached hydrogens (primary N) is 1. The van der Waals surface area contributed by atoms with Crippen molar-refractivity contribution in [2.24, 2.45) is 19.8 Å². The van der Waals surface area contributed by atoms with E-state index < -0.39 is 10.0 Å². The molecular weight excluding hydrogens is 637 g/mol. The van der Waals surface area contributed by atoms with Crippen LogP contribution >= 0.6 is 0 Å². The Morgan fingerprint density at radius 1 is 0.714 bits per heavy atom. The van der Waals surface area contributed by atoms with Crippen molar-refractivity contribution < 1.29 is 8.42 Å². The summed E-state index contributed by atoms with van der Waals surface area (Å²) in [6.45, 7) is 6.74. The van der Waals surface area contributed by atoms with Crippen LogP contribution in [0.3, 0.4) is 0 Å². The second-order valence-electron chi connectivity index (χ2n) is 12.0. The molecule has 6 rings (SSSR count). The molecule has 0 atom stereocenters. The molecule has 3 N–H and O–H groups in total. The molecule has 4 heterocycles. The summed E-state index contributed by atoms with van der Waals surface area (Å²) in [5.41, 5.74) is 16.3. The van der Waals surface area contributed by atoms with Crippen LogP contribution in [0.15, 0.2) is 73.6 Å². The third-order valence-electron chi connectivity index (χ3n) is 8.77. The third-order valence-corrected chi connectivity index (χ3v) is 10.1. The molecule has 0 aliphatic carbocycles. The van der Waals surface area contributed by atoms with Crippen molar-refractivity contribution in [3.05, 3.63) is 95.8 Å². The highest BCUT2D eigenvalue weighted by molar-refractivity contribution is 7.89. The number of hydrogen-bond donors (Lipinski definition) is 2. The first-order valence-electron chi connectivity index (χ1n) is 16.4. The summed E-state index contributed by atoms with van der Waals surface area (Å²) in [5.74, 6) is 1.82. The van der Waals surface area contributed by atoms with Crippen molar-refractivity contribution in [3.8, 4) is 0 Å². The summed E-state index contributed by atoms with van der Waals surface area (Å²) >= 11 is 0.